The van der Waals surface area contributed by atoms with Crippen molar-refractivity contribution < 1.29 is 14.2 Å². The highest BCUT2D eigenvalue weighted by Gasteiger charge is 2.21. The van der Waals surface area contributed by atoms with Gasteiger partial charge in [-0.25, -0.2) is 0 Å². The lowest BCUT2D eigenvalue weighted by molar-refractivity contribution is 0.129. The minimum absolute atomic E-state index is 0.278. The van der Waals surface area contributed by atoms with Crippen molar-refractivity contribution in [2.24, 2.45) is 0 Å². The molecule has 0 spiro atoms. The summed E-state index contributed by atoms with van der Waals surface area (Å²) in [5.74, 6) is 3.18. The fraction of sp³-hybridized carbons (Fsp3) is 0.333. The first-order chi connectivity index (χ1) is 13.8. The van der Waals surface area contributed by atoms with Crippen LogP contribution < -0.4 is 9.47 Å². The van der Waals surface area contributed by atoms with E-state index in [4.69, 9.17) is 14.2 Å². The van der Waals surface area contributed by atoms with Crippen LogP contribution in [0.5, 0.6) is 11.5 Å². The van der Waals surface area contributed by atoms with Gasteiger partial charge in [0.1, 0.15) is 11.5 Å². The maximum absolute atomic E-state index is 5.76. The quantitative estimate of drug-likeness (QED) is 0.556. The van der Waals surface area contributed by atoms with E-state index in [9.17, 15) is 0 Å². The zero-order chi connectivity index (χ0) is 19.3. The number of benzene rings is 2. The molecule has 1 saturated heterocycles. The summed E-state index contributed by atoms with van der Waals surface area (Å²) in [6, 6.07) is 15.8. The topological polar surface area (TPSA) is 58.4 Å². The van der Waals surface area contributed by atoms with Crippen molar-refractivity contribution in [1.82, 2.24) is 14.8 Å². The zero-order valence-corrected chi connectivity index (χ0v) is 16.8. The number of hydrogen-bond acceptors (Lipinski definition) is 6. The Balaban J connectivity index is 1.74. The highest BCUT2D eigenvalue weighted by atomic mass is 32.2. The maximum Gasteiger partial charge on any atom is 0.196 e. The van der Waals surface area contributed by atoms with Crippen molar-refractivity contribution in [3.63, 3.8) is 0 Å². The van der Waals surface area contributed by atoms with Crippen LogP contribution in [-0.2, 0) is 4.74 Å². The molecule has 1 fully saturated rings. The summed E-state index contributed by atoms with van der Waals surface area (Å²) in [6.07, 6.45) is 2.51. The van der Waals surface area contributed by atoms with E-state index in [2.05, 4.69) is 14.8 Å². The Labute approximate surface area is 168 Å². The summed E-state index contributed by atoms with van der Waals surface area (Å²) in [6.45, 7) is 0.850. The molecule has 7 heteroatoms. The van der Waals surface area contributed by atoms with Gasteiger partial charge in [-0.15, -0.1) is 10.2 Å². The summed E-state index contributed by atoms with van der Waals surface area (Å²) in [5.41, 5.74) is 1.87. The molecule has 0 unspecified atom stereocenters. The van der Waals surface area contributed by atoms with Crippen molar-refractivity contribution >= 4 is 11.8 Å². The van der Waals surface area contributed by atoms with Gasteiger partial charge in [0.25, 0.3) is 0 Å². The molecule has 1 aliphatic rings. The number of thioether (sulfide) groups is 1. The number of aromatic nitrogens is 3. The van der Waals surface area contributed by atoms with Crippen LogP contribution >= 0.6 is 11.8 Å². The van der Waals surface area contributed by atoms with Crippen molar-refractivity contribution in [2.75, 3.05) is 26.6 Å². The molecule has 2 aromatic carbocycles. The third-order valence-corrected chi connectivity index (χ3v) is 5.80. The number of ether oxygens (including phenoxy) is 3. The molecule has 0 bridgehead atoms. The van der Waals surface area contributed by atoms with Crippen molar-refractivity contribution in [3.05, 3.63) is 48.5 Å². The Morgan fingerprint density at radius 2 is 1.89 bits per heavy atom. The van der Waals surface area contributed by atoms with E-state index >= 15 is 0 Å². The lowest BCUT2D eigenvalue weighted by Crippen LogP contribution is -2.09. The van der Waals surface area contributed by atoms with E-state index in [0.717, 1.165) is 58.9 Å². The SMILES string of the molecule is COc1ccc(-n2c(SC[C@H]3CCCO3)nnc2-c2ccccc2OC)cc1. The van der Waals surface area contributed by atoms with E-state index in [1.165, 1.54) is 0 Å². The average molecular weight is 398 g/mol. The van der Waals surface area contributed by atoms with Crippen LogP contribution in [0.25, 0.3) is 17.1 Å². The molecule has 0 N–H and O–H groups in total. The van der Waals surface area contributed by atoms with Crippen LogP contribution in [0, 0.1) is 0 Å². The van der Waals surface area contributed by atoms with E-state index in [-0.39, 0.29) is 6.10 Å². The van der Waals surface area contributed by atoms with Crippen molar-refractivity contribution in [3.8, 4) is 28.6 Å². The van der Waals surface area contributed by atoms with Gasteiger partial charge in [-0.05, 0) is 49.2 Å². The molecule has 1 aliphatic heterocycles. The first-order valence-electron chi connectivity index (χ1n) is 9.28. The normalized spacial score (nSPS) is 16.3. The second-order valence-electron chi connectivity index (χ2n) is 6.49. The van der Waals surface area contributed by atoms with Gasteiger partial charge in [0, 0.05) is 12.4 Å². The van der Waals surface area contributed by atoms with Gasteiger partial charge in [-0.1, -0.05) is 23.9 Å². The van der Waals surface area contributed by atoms with Gasteiger partial charge < -0.3 is 14.2 Å². The molecule has 0 aliphatic carbocycles. The third-order valence-electron chi connectivity index (χ3n) is 4.73. The highest BCUT2D eigenvalue weighted by Crippen LogP contribution is 2.34. The minimum atomic E-state index is 0.278. The minimum Gasteiger partial charge on any atom is -0.497 e. The van der Waals surface area contributed by atoms with Gasteiger partial charge in [0.05, 0.1) is 31.6 Å². The highest BCUT2D eigenvalue weighted by molar-refractivity contribution is 7.99. The number of nitrogens with zero attached hydrogens (tertiary/aromatic N) is 3. The van der Waals surface area contributed by atoms with E-state index < -0.39 is 0 Å². The number of methoxy groups -OCH3 is 2. The van der Waals surface area contributed by atoms with Gasteiger partial charge in [-0.2, -0.15) is 0 Å². The molecule has 1 atom stereocenters. The Bertz CT molecular complexity index is 921. The number of hydrogen-bond donors (Lipinski definition) is 0. The van der Waals surface area contributed by atoms with Crippen LogP contribution in [0.2, 0.25) is 0 Å². The van der Waals surface area contributed by atoms with Crippen LogP contribution in [0.15, 0.2) is 53.7 Å². The third kappa shape index (κ3) is 3.86. The van der Waals surface area contributed by atoms with Crippen LogP contribution in [0.1, 0.15) is 12.8 Å². The van der Waals surface area contributed by atoms with Crippen molar-refractivity contribution in [2.45, 2.75) is 24.1 Å². The van der Waals surface area contributed by atoms with Crippen LogP contribution in [0.3, 0.4) is 0 Å². The Hall–Kier alpha value is -2.51. The maximum atomic E-state index is 5.76. The number of para-hydroxylation sites is 1. The molecule has 0 saturated carbocycles. The molecule has 6 nitrogen and oxygen atoms in total. The van der Waals surface area contributed by atoms with Crippen LogP contribution in [-0.4, -0.2) is 47.4 Å². The molecule has 3 aromatic rings. The first-order valence-corrected chi connectivity index (χ1v) is 10.3. The molecular weight excluding hydrogens is 374 g/mol. The molecular formula is C21H23N3O3S. The van der Waals surface area contributed by atoms with Gasteiger partial charge in [0.15, 0.2) is 11.0 Å². The molecule has 28 heavy (non-hydrogen) atoms. The molecule has 1 aromatic heterocycles. The molecule has 0 radical (unpaired) electrons. The molecule has 0 amide bonds. The standard InChI is InChI=1S/C21H23N3O3S/c1-25-16-11-9-15(10-12-16)24-20(18-7-3-4-8-19(18)26-2)22-23-21(24)28-14-17-6-5-13-27-17/h3-4,7-12,17H,5-6,13-14H2,1-2H3/t17-/m1/s1. The van der Waals surface area contributed by atoms with Gasteiger partial charge in [0.2, 0.25) is 0 Å². The lowest BCUT2D eigenvalue weighted by Gasteiger charge is -2.14. The summed E-state index contributed by atoms with van der Waals surface area (Å²) in [4.78, 5) is 0. The Morgan fingerprint density at radius 3 is 2.61 bits per heavy atom. The van der Waals surface area contributed by atoms with Gasteiger partial charge in [-0.3, -0.25) is 4.57 Å². The first kappa shape index (κ1) is 18.8. The van der Waals surface area contributed by atoms with Crippen molar-refractivity contribution in [1.29, 1.82) is 0 Å². The summed E-state index contributed by atoms with van der Waals surface area (Å²) in [5, 5.41) is 9.82. The summed E-state index contributed by atoms with van der Waals surface area (Å²) >= 11 is 1.67. The largest absolute Gasteiger partial charge is 0.497 e. The second-order valence-corrected chi connectivity index (χ2v) is 7.47. The summed E-state index contributed by atoms with van der Waals surface area (Å²) in [7, 11) is 3.33. The smallest absolute Gasteiger partial charge is 0.196 e. The summed E-state index contributed by atoms with van der Waals surface area (Å²) < 4.78 is 18.7. The second kappa shape index (κ2) is 8.67. The lowest BCUT2D eigenvalue weighted by atomic mass is 10.2. The predicted octanol–water partition coefficient (Wildman–Crippen LogP) is 4.22. The zero-order valence-electron chi connectivity index (χ0n) is 16.0. The van der Waals surface area contributed by atoms with E-state index in [0.29, 0.717) is 0 Å². The fourth-order valence-corrected chi connectivity index (χ4v) is 4.29. The Morgan fingerprint density at radius 1 is 1.07 bits per heavy atom. The van der Waals surface area contributed by atoms with Gasteiger partial charge >= 0.3 is 0 Å². The Kier molecular flexibility index (Phi) is 5.83. The molecule has 2 heterocycles. The molecule has 4 rings (SSSR count). The fourth-order valence-electron chi connectivity index (χ4n) is 3.27. The van der Waals surface area contributed by atoms with E-state index in [1.54, 1.807) is 26.0 Å². The van der Waals surface area contributed by atoms with E-state index in [1.807, 2.05) is 48.5 Å². The molecule has 146 valence electrons. The number of rotatable bonds is 7. The monoisotopic (exact) mass is 397 g/mol. The predicted molar refractivity (Wildman–Crippen MR) is 110 cm³/mol. The van der Waals surface area contributed by atoms with Crippen LogP contribution in [0.4, 0.5) is 0 Å². The average Bonchev–Trinajstić information content (AvgIpc) is 3.42.